The first-order valence-corrected chi connectivity index (χ1v) is 8.59. The molecule has 7 heteroatoms. The van der Waals surface area contributed by atoms with Gasteiger partial charge in [0.05, 0.1) is 10.6 Å². The maximum atomic E-state index is 12.7. The number of benzene rings is 1. The Balaban J connectivity index is 1.68. The maximum Gasteiger partial charge on any atom is 0.271 e. The normalized spacial score (nSPS) is 18.3. The highest BCUT2D eigenvalue weighted by Gasteiger charge is 2.34. The van der Waals surface area contributed by atoms with E-state index in [1.54, 1.807) is 29.5 Å². The second-order valence-electron chi connectivity index (χ2n) is 5.06. The van der Waals surface area contributed by atoms with Crippen LogP contribution in [-0.4, -0.2) is 17.9 Å². The summed E-state index contributed by atoms with van der Waals surface area (Å²) in [6.45, 7) is 2.19. The van der Waals surface area contributed by atoms with E-state index < -0.39 is 0 Å². The number of thioether (sulfide) groups is 1. The lowest BCUT2D eigenvalue weighted by molar-refractivity contribution is -0.113. The first-order valence-electron chi connectivity index (χ1n) is 6.90. The molecule has 0 unspecified atom stereocenters. The average molecular weight is 344 g/mol. The van der Waals surface area contributed by atoms with Crippen molar-refractivity contribution < 1.29 is 14.3 Å². The molecule has 0 aliphatic carbocycles. The van der Waals surface area contributed by atoms with Crippen LogP contribution in [-0.2, 0) is 4.79 Å². The summed E-state index contributed by atoms with van der Waals surface area (Å²) in [5.74, 6) is 1.07. The van der Waals surface area contributed by atoms with Gasteiger partial charge in [0.1, 0.15) is 0 Å². The monoisotopic (exact) mass is 344 g/mol. The first kappa shape index (κ1) is 14.3. The van der Waals surface area contributed by atoms with Crippen molar-refractivity contribution in [1.82, 2.24) is 0 Å². The van der Waals surface area contributed by atoms with Gasteiger partial charge >= 0.3 is 0 Å². The number of rotatable bonds is 2. The summed E-state index contributed by atoms with van der Waals surface area (Å²) in [6.07, 6.45) is 1.86. The SMILES string of the molecule is Cc1ccsc1C=C1SC(=N)N(c2ccc3c(c2)OCO3)C1=O. The smallest absolute Gasteiger partial charge is 0.271 e. The number of amides is 1. The van der Waals surface area contributed by atoms with Crippen LogP contribution in [0.3, 0.4) is 0 Å². The van der Waals surface area contributed by atoms with Crippen LogP contribution in [0, 0.1) is 12.3 Å². The number of nitrogens with one attached hydrogen (secondary N) is 1. The van der Waals surface area contributed by atoms with Crippen molar-refractivity contribution in [1.29, 1.82) is 5.41 Å². The second kappa shape index (κ2) is 5.43. The van der Waals surface area contributed by atoms with Crippen molar-refractivity contribution in [3.8, 4) is 11.5 Å². The molecule has 1 aromatic carbocycles. The number of carbonyl (C=O) groups is 1. The van der Waals surface area contributed by atoms with E-state index in [4.69, 9.17) is 14.9 Å². The molecule has 1 fully saturated rings. The standard InChI is InChI=1S/C16H12N2O3S2/c1-9-4-5-22-13(9)7-14-15(19)18(16(17)23-14)10-2-3-11-12(6-10)21-8-20-11/h2-7,17H,8H2,1H3. The Morgan fingerprint density at radius 1 is 1.26 bits per heavy atom. The maximum absolute atomic E-state index is 12.7. The number of nitrogens with zero attached hydrogens (tertiary/aromatic N) is 1. The number of carbonyl (C=O) groups excluding carboxylic acids is 1. The molecule has 0 bridgehead atoms. The largest absolute Gasteiger partial charge is 0.454 e. The molecule has 23 heavy (non-hydrogen) atoms. The summed E-state index contributed by atoms with van der Waals surface area (Å²) in [7, 11) is 0. The van der Waals surface area contributed by atoms with Crippen LogP contribution in [0.4, 0.5) is 5.69 Å². The molecule has 0 spiro atoms. The van der Waals surface area contributed by atoms with E-state index in [2.05, 4.69) is 0 Å². The molecular weight excluding hydrogens is 332 g/mol. The first-order chi connectivity index (χ1) is 11.1. The molecule has 5 nitrogen and oxygen atoms in total. The molecule has 1 saturated heterocycles. The number of fused-ring (bicyclic) bond motifs is 1. The summed E-state index contributed by atoms with van der Waals surface area (Å²) in [4.78, 5) is 15.7. The topological polar surface area (TPSA) is 62.6 Å². The molecule has 1 N–H and O–H groups in total. The Morgan fingerprint density at radius 3 is 2.87 bits per heavy atom. The van der Waals surface area contributed by atoms with Gasteiger partial charge in [0.15, 0.2) is 16.7 Å². The molecule has 2 aliphatic rings. The van der Waals surface area contributed by atoms with Gasteiger partial charge in [-0.1, -0.05) is 0 Å². The third kappa shape index (κ3) is 2.42. The number of thiophene rings is 1. The molecule has 1 aromatic heterocycles. The number of hydrogen-bond acceptors (Lipinski definition) is 6. The van der Waals surface area contributed by atoms with Crippen molar-refractivity contribution in [3.63, 3.8) is 0 Å². The average Bonchev–Trinajstić information content (AvgIpc) is 3.21. The van der Waals surface area contributed by atoms with Crippen molar-refractivity contribution in [2.75, 3.05) is 11.7 Å². The molecular formula is C16H12N2O3S2. The summed E-state index contributed by atoms with van der Waals surface area (Å²) in [6, 6.07) is 7.27. The fraction of sp³-hybridized carbons (Fsp3) is 0.125. The Labute approximate surface area is 141 Å². The zero-order valence-electron chi connectivity index (χ0n) is 12.2. The quantitative estimate of drug-likeness (QED) is 0.841. The van der Waals surface area contributed by atoms with Crippen LogP contribution in [0.5, 0.6) is 11.5 Å². The van der Waals surface area contributed by atoms with Gasteiger partial charge in [-0.15, -0.1) is 11.3 Å². The minimum absolute atomic E-state index is 0.182. The van der Waals surface area contributed by atoms with E-state index in [-0.39, 0.29) is 17.9 Å². The Morgan fingerprint density at radius 2 is 2.09 bits per heavy atom. The number of hydrogen-bond donors (Lipinski definition) is 1. The third-order valence-corrected chi connectivity index (χ3v) is 5.46. The fourth-order valence-electron chi connectivity index (χ4n) is 2.40. The molecule has 4 rings (SSSR count). The lowest BCUT2D eigenvalue weighted by Crippen LogP contribution is -2.28. The van der Waals surface area contributed by atoms with Crippen LogP contribution >= 0.6 is 23.1 Å². The highest BCUT2D eigenvalue weighted by atomic mass is 32.2. The molecule has 2 aromatic rings. The Kier molecular flexibility index (Phi) is 3.39. The highest BCUT2D eigenvalue weighted by Crippen LogP contribution is 2.40. The molecule has 116 valence electrons. The van der Waals surface area contributed by atoms with Crippen molar-refractivity contribution >= 4 is 45.9 Å². The number of anilines is 1. The van der Waals surface area contributed by atoms with E-state index in [0.717, 1.165) is 10.4 Å². The van der Waals surface area contributed by atoms with Crippen LogP contribution in [0.1, 0.15) is 10.4 Å². The third-order valence-electron chi connectivity index (χ3n) is 3.60. The van der Waals surface area contributed by atoms with Crippen molar-refractivity contribution in [3.05, 3.63) is 45.0 Å². The van der Waals surface area contributed by atoms with E-state index in [1.807, 2.05) is 24.4 Å². The van der Waals surface area contributed by atoms with Crippen molar-refractivity contribution in [2.24, 2.45) is 0 Å². The molecule has 3 heterocycles. The molecule has 0 saturated carbocycles. The van der Waals surface area contributed by atoms with Crippen LogP contribution in [0.25, 0.3) is 6.08 Å². The van der Waals surface area contributed by atoms with E-state index in [9.17, 15) is 4.79 Å². The zero-order chi connectivity index (χ0) is 16.0. The lowest BCUT2D eigenvalue weighted by atomic mass is 10.2. The summed E-state index contributed by atoms with van der Waals surface area (Å²) in [5.41, 5.74) is 1.74. The van der Waals surface area contributed by atoms with Gasteiger partial charge in [-0.2, -0.15) is 0 Å². The summed E-state index contributed by atoms with van der Waals surface area (Å²) in [5, 5.41) is 10.3. The van der Waals surface area contributed by atoms with E-state index in [1.165, 1.54) is 16.7 Å². The Bertz CT molecular complexity index is 857. The zero-order valence-corrected chi connectivity index (χ0v) is 13.8. The predicted octanol–water partition coefficient (Wildman–Crippen LogP) is 3.84. The van der Waals surface area contributed by atoms with Gasteiger partial charge in [-0.05, 0) is 53.9 Å². The van der Waals surface area contributed by atoms with Gasteiger partial charge in [-0.3, -0.25) is 15.1 Å². The van der Waals surface area contributed by atoms with Crippen molar-refractivity contribution in [2.45, 2.75) is 6.92 Å². The van der Waals surface area contributed by atoms with Crippen LogP contribution < -0.4 is 14.4 Å². The Hall–Kier alpha value is -2.25. The summed E-state index contributed by atoms with van der Waals surface area (Å²) >= 11 is 2.76. The van der Waals surface area contributed by atoms with Gasteiger partial charge in [0, 0.05) is 10.9 Å². The number of amidine groups is 1. The molecule has 2 aliphatic heterocycles. The minimum atomic E-state index is -0.188. The molecule has 0 radical (unpaired) electrons. The van der Waals surface area contributed by atoms with Crippen LogP contribution in [0.15, 0.2) is 34.6 Å². The predicted molar refractivity (Wildman–Crippen MR) is 92.4 cm³/mol. The van der Waals surface area contributed by atoms with Gasteiger partial charge < -0.3 is 9.47 Å². The van der Waals surface area contributed by atoms with Gasteiger partial charge in [0.2, 0.25) is 6.79 Å². The lowest BCUT2D eigenvalue weighted by Gasteiger charge is -2.14. The molecule has 1 amide bonds. The van der Waals surface area contributed by atoms with Gasteiger partial charge in [0.25, 0.3) is 5.91 Å². The highest BCUT2D eigenvalue weighted by molar-refractivity contribution is 8.19. The number of ether oxygens (including phenoxy) is 2. The van der Waals surface area contributed by atoms with Gasteiger partial charge in [-0.25, -0.2) is 0 Å². The fourth-order valence-corrected chi connectivity index (χ4v) is 4.17. The van der Waals surface area contributed by atoms with Crippen LogP contribution in [0.2, 0.25) is 0 Å². The number of aryl methyl sites for hydroxylation is 1. The van der Waals surface area contributed by atoms with E-state index >= 15 is 0 Å². The minimum Gasteiger partial charge on any atom is -0.454 e. The second-order valence-corrected chi connectivity index (χ2v) is 7.04. The summed E-state index contributed by atoms with van der Waals surface area (Å²) < 4.78 is 10.6. The molecule has 0 atom stereocenters. The van der Waals surface area contributed by atoms with E-state index in [0.29, 0.717) is 22.1 Å².